The van der Waals surface area contributed by atoms with Crippen LogP contribution in [0.4, 0.5) is 0 Å². The average molecular weight is 234 g/mol. The van der Waals surface area contributed by atoms with E-state index < -0.39 is 16.1 Å². The van der Waals surface area contributed by atoms with Crippen LogP contribution in [-0.4, -0.2) is 55.4 Å². The number of sulfonamides is 1. The number of hydrogen-bond donors (Lipinski definition) is 2. The maximum Gasteiger partial charge on any atom is 0.218 e. The van der Waals surface area contributed by atoms with Gasteiger partial charge in [-0.2, -0.15) is 4.31 Å². The fourth-order valence-corrected chi connectivity index (χ4v) is 4.18. The highest BCUT2D eigenvalue weighted by Crippen LogP contribution is 2.21. The van der Waals surface area contributed by atoms with E-state index in [0.717, 1.165) is 19.4 Å². The van der Waals surface area contributed by atoms with Gasteiger partial charge in [0.2, 0.25) is 10.0 Å². The van der Waals surface area contributed by atoms with Crippen molar-refractivity contribution in [2.75, 3.05) is 26.2 Å². The molecule has 15 heavy (non-hydrogen) atoms. The highest BCUT2D eigenvalue weighted by atomic mass is 32.2. The molecule has 2 heterocycles. The molecule has 0 aromatic carbocycles. The molecule has 0 spiro atoms. The van der Waals surface area contributed by atoms with E-state index in [2.05, 4.69) is 5.32 Å². The van der Waals surface area contributed by atoms with Crippen LogP contribution in [0, 0.1) is 0 Å². The van der Waals surface area contributed by atoms with Gasteiger partial charge in [0, 0.05) is 19.6 Å². The van der Waals surface area contributed by atoms with E-state index in [0.29, 0.717) is 19.5 Å². The molecule has 88 valence electrons. The summed E-state index contributed by atoms with van der Waals surface area (Å²) in [7, 11) is -3.18. The Bertz CT molecular complexity index is 301. The third kappa shape index (κ3) is 2.33. The Morgan fingerprint density at radius 2 is 2.13 bits per heavy atom. The third-order valence-corrected chi connectivity index (χ3v) is 5.46. The molecule has 2 atom stereocenters. The molecule has 0 saturated carbocycles. The standard InChI is InChI=1S/C9H18N2O3S/c12-8-3-5-11(7-8)15(13,14)9-2-1-4-10-6-9/h8-10,12H,1-7H2. The van der Waals surface area contributed by atoms with Crippen molar-refractivity contribution < 1.29 is 13.5 Å². The molecule has 2 unspecified atom stereocenters. The highest BCUT2D eigenvalue weighted by molar-refractivity contribution is 7.89. The number of piperidine rings is 1. The molecule has 2 saturated heterocycles. The van der Waals surface area contributed by atoms with E-state index in [-0.39, 0.29) is 11.8 Å². The zero-order valence-corrected chi connectivity index (χ0v) is 9.54. The molecular weight excluding hydrogens is 216 g/mol. The van der Waals surface area contributed by atoms with Crippen molar-refractivity contribution in [2.24, 2.45) is 0 Å². The van der Waals surface area contributed by atoms with Crippen LogP contribution in [0.5, 0.6) is 0 Å². The molecular formula is C9H18N2O3S. The first kappa shape index (κ1) is 11.3. The Morgan fingerprint density at radius 1 is 1.33 bits per heavy atom. The first-order chi connectivity index (χ1) is 7.10. The SMILES string of the molecule is O=S(=O)(C1CCCNC1)N1CCC(O)C1. The van der Waals surface area contributed by atoms with E-state index in [1.54, 1.807) is 0 Å². The molecule has 6 heteroatoms. The predicted molar refractivity (Wildman–Crippen MR) is 57.0 cm³/mol. The minimum Gasteiger partial charge on any atom is -0.392 e. The minimum atomic E-state index is -3.18. The van der Waals surface area contributed by atoms with E-state index in [4.69, 9.17) is 0 Å². The molecule has 0 aromatic rings. The monoisotopic (exact) mass is 234 g/mol. The Labute approximate surface area is 90.5 Å². The zero-order chi connectivity index (χ0) is 10.9. The zero-order valence-electron chi connectivity index (χ0n) is 8.72. The van der Waals surface area contributed by atoms with E-state index >= 15 is 0 Å². The minimum absolute atomic E-state index is 0.277. The normalized spacial score (nSPS) is 34.5. The van der Waals surface area contributed by atoms with Crippen LogP contribution in [-0.2, 0) is 10.0 Å². The van der Waals surface area contributed by atoms with Crippen LogP contribution < -0.4 is 5.32 Å². The number of nitrogens with one attached hydrogen (secondary N) is 1. The number of aliphatic hydroxyl groups excluding tert-OH is 1. The third-order valence-electron chi connectivity index (χ3n) is 3.16. The van der Waals surface area contributed by atoms with Gasteiger partial charge in [-0.3, -0.25) is 0 Å². The lowest BCUT2D eigenvalue weighted by molar-refractivity contribution is 0.189. The molecule has 2 N–H and O–H groups in total. The first-order valence-electron chi connectivity index (χ1n) is 5.48. The first-order valence-corrected chi connectivity index (χ1v) is 6.99. The lowest BCUT2D eigenvalue weighted by Crippen LogP contribution is -2.45. The van der Waals surface area contributed by atoms with E-state index in [1.165, 1.54) is 4.31 Å². The summed E-state index contributed by atoms with van der Waals surface area (Å²) < 4.78 is 25.7. The smallest absolute Gasteiger partial charge is 0.218 e. The number of rotatable bonds is 2. The molecule has 2 rings (SSSR count). The van der Waals surface area contributed by atoms with Gasteiger partial charge in [0.15, 0.2) is 0 Å². The van der Waals surface area contributed by atoms with Crippen LogP contribution in [0.15, 0.2) is 0 Å². The second-order valence-corrected chi connectivity index (χ2v) is 6.53. The number of β-amino-alcohol motifs (C(OH)–C–C–N with tert-alkyl or cyclic N) is 1. The Kier molecular flexibility index (Phi) is 3.30. The quantitative estimate of drug-likeness (QED) is 0.652. The molecule has 0 aliphatic carbocycles. The molecule has 2 aliphatic heterocycles. The Hall–Kier alpha value is -0.170. The van der Waals surface area contributed by atoms with Gasteiger partial charge >= 0.3 is 0 Å². The van der Waals surface area contributed by atoms with Crippen LogP contribution >= 0.6 is 0 Å². The van der Waals surface area contributed by atoms with Gasteiger partial charge in [-0.1, -0.05) is 0 Å². The molecule has 2 fully saturated rings. The Balaban J connectivity index is 2.05. The molecule has 0 radical (unpaired) electrons. The fraction of sp³-hybridized carbons (Fsp3) is 1.00. The fourth-order valence-electron chi connectivity index (χ4n) is 2.23. The summed E-state index contributed by atoms with van der Waals surface area (Å²) in [5.74, 6) is 0. The second-order valence-electron chi connectivity index (χ2n) is 4.31. The number of aliphatic hydroxyl groups is 1. The topological polar surface area (TPSA) is 69.6 Å². The van der Waals surface area contributed by atoms with E-state index in [1.807, 2.05) is 0 Å². The van der Waals surface area contributed by atoms with Gasteiger partial charge in [-0.15, -0.1) is 0 Å². The van der Waals surface area contributed by atoms with Crippen LogP contribution in [0.3, 0.4) is 0 Å². The van der Waals surface area contributed by atoms with Crippen molar-refractivity contribution in [1.29, 1.82) is 0 Å². The average Bonchev–Trinajstić information content (AvgIpc) is 2.67. The summed E-state index contributed by atoms with van der Waals surface area (Å²) in [4.78, 5) is 0. The maximum absolute atomic E-state index is 12.1. The van der Waals surface area contributed by atoms with Crippen LogP contribution in [0.1, 0.15) is 19.3 Å². The van der Waals surface area contributed by atoms with Crippen molar-refractivity contribution in [2.45, 2.75) is 30.6 Å². The summed E-state index contributed by atoms with van der Waals surface area (Å²) in [6.45, 7) is 2.21. The van der Waals surface area contributed by atoms with Gasteiger partial charge < -0.3 is 10.4 Å². The van der Waals surface area contributed by atoms with Crippen molar-refractivity contribution in [3.05, 3.63) is 0 Å². The Morgan fingerprint density at radius 3 is 2.67 bits per heavy atom. The van der Waals surface area contributed by atoms with Crippen molar-refractivity contribution in [3.8, 4) is 0 Å². The molecule has 2 aliphatic rings. The predicted octanol–water partition coefficient (Wildman–Crippen LogP) is -0.865. The van der Waals surface area contributed by atoms with Crippen molar-refractivity contribution in [3.63, 3.8) is 0 Å². The molecule has 0 amide bonds. The van der Waals surface area contributed by atoms with Crippen molar-refractivity contribution >= 4 is 10.0 Å². The summed E-state index contributed by atoms with van der Waals surface area (Å²) in [6.07, 6.45) is 1.75. The summed E-state index contributed by atoms with van der Waals surface area (Å²) in [5, 5.41) is 12.2. The summed E-state index contributed by atoms with van der Waals surface area (Å²) in [6, 6.07) is 0. The van der Waals surface area contributed by atoms with Gasteiger partial charge in [-0.25, -0.2) is 8.42 Å². The van der Waals surface area contributed by atoms with Gasteiger partial charge in [0.05, 0.1) is 11.4 Å². The van der Waals surface area contributed by atoms with Crippen LogP contribution in [0.25, 0.3) is 0 Å². The maximum atomic E-state index is 12.1. The summed E-state index contributed by atoms with van der Waals surface area (Å²) >= 11 is 0. The van der Waals surface area contributed by atoms with E-state index in [9.17, 15) is 13.5 Å². The summed E-state index contributed by atoms with van der Waals surface area (Å²) in [5.41, 5.74) is 0. The molecule has 5 nitrogen and oxygen atoms in total. The van der Waals surface area contributed by atoms with Gasteiger partial charge in [0.1, 0.15) is 0 Å². The van der Waals surface area contributed by atoms with Gasteiger partial charge in [-0.05, 0) is 25.8 Å². The molecule has 0 aromatic heterocycles. The second kappa shape index (κ2) is 4.37. The van der Waals surface area contributed by atoms with Crippen molar-refractivity contribution in [1.82, 2.24) is 9.62 Å². The molecule has 0 bridgehead atoms. The number of hydrogen-bond acceptors (Lipinski definition) is 4. The largest absolute Gasteiger partial charge is 0.392 e. The highest BCUT2D eigenvalue weighted by Gasteiger charge is 2.36. The lowest BCUT2D eigenvalue weighted by atomic mass is 10.2. The number of nitrogens with zero attached hydrogens (tertiary/aromatic N) is 1. The van der Waals surface area contributed by atoms with Crippen LogP contribution in [0.2, 0.25) is 0 Å². The van der Waals surface area contributed by atoms with Gasteiger partial charge in [0.25, 0.3) is 0 Å². The lowest BCUT2D eigenvalue weighted by Gasteiger charge is -2.27.